The molecule has 1 nitrogen and oxygen atoms in total. The molecule has 0 radical (unpaired) electrons. The second-order valence-electron chi connectivity index (χ2n) is 4.70. The minimum atomic E-state index is 0. The highest BCUT2D eigenvalue weighted by Crippen LogP contribution is 2.37. The summed E-state index contributed by atoms with van der Waals surface area (Å²) in [5.74, 6) is 0.674. The van der Waals surface area contributed by atoms with Crippen LogP contribution in [0.3, 0.4) is 0 Å². The summed E-state index contributed by atoms with van der Waals surface area (Å²) >= 11 is 0. The third-order valence-corrected chi connectivity index (χ3v) is 2.78. The van der Waals surface area contributed by atoms with Crippen LogP contribution in [0.1, 0.15) is 38.7 Å². The number of nitrogens with one attached hydrogen (secondary N) is 1. The molecule has 0 aromatic heterocycles. The monoisotopic (exact) mass is 211 g/mol. The minimum Gasteiger partial charge on any atom is -0.380 e. The summed E-state index contributed by atoms with van der Waals surface area (Å²) in [5, 5.41) is 3.57. The summed E-state index contributed by atoms with van der Waals surface area (Å²) in [5.41, 5.74) is 3.02. The van der Waals surface area contributed by atoms with Crippen molar-refractivity contribution >= 4 is 18.1 Å². The van der Waals surface area contributed by atoms with Crippen molar-refractivity contribution < 1.29 is 0 Å². The van der Waals surface area contributed by atoms with Gasteiger partial charge >= 0.3 is 0 Å². The van der Waals surface area contributed by atoms with E-state index in [2.05, 4.69) is 50.4 Å². The molecule has 1 aliphatic heterocycles. The van der Waals surface area contributed by atoms with Gasteiger partial charge in [0.2, 0.25) is 0 Å². The van der Waals surface area contributed by atoms with E-state index in [4.69, 9.17) is 0 Å². The molecular weight excluding hydrogens is 194 g/mol. The van der Waals surface area contributed by atoms with E-state index >= 15 is 0 Å². The van der Waals surface area contributed by atoms with Crippen molar-refractivity contribution in [1.29, 1.82) is 0 Å². The van der Waals surface area contributed by atoms with E-state index < -0.39 is 0 Å². The predicted molar refractivity (Wildman–Crippen MR) is 64.4 cm³/mol. The Hall–Kier alpha value is -0.690. The predicted octanol–water partition coefficient (Wildman–Crippen LogP) is 3.81. The van der Waals surface area contributed by atoms with Gasteiger partial charge in [-0.1, -0.05) is 25.1 Å². The molecule has 0 fully saturated rings. The maximum absolute atomic E-state index is 3.57. The Bertz CT molecular complexity index is 320. The first-order valence-corrected chi connectivity index (χ1v) is 4.96. The molecule has 1 aromatic rings. The number of hydrogen-bond donors (Lipinski definition) is 1. The lowest BCUT2D eigenvalue weighted by atomic mass is 9.82. The van der Waals surface area contributed by atoms with Crippen LogP contribution < -0.4 is 5.32 Å². The summed E-state index contributed by atoms with van der Waals surface area (Å²) < 4.78 is 0. The largest absolute Gasteiger partial charge is 0.380 e. The maximum Gasteiger partial charge on any atom is 0.0379 e. The highest BCUT2D eigenvalue weighted by Gasteiger charge is 2.28. The van der Waals surface area contributed by atoms with Crippen LogP contribution >= 0.6 is 12.4 Å². The van der Waals surface area contributed by atoms with Crippen LogP contribution in [0.4, 0.5) is 5.69 Å². The Balaban J connectivity index is 0.000000980. The molecule has 14 heavy (non-hydrogen) atoms. The third-order valence-electron chi connectivity index (χ3n) is 2.78. The van der Waals surface area contributed by atoms with Crippen LogP contribution in [0.25, 0.3) is 0 Å². The second-order valence-corrected chi connectivity index (χ2v) is 4.70. The van der Waals surface area contributed by atoms with Crippen molar-refractivity contribution in [1.82, 2.24) is 0 Å². The van der Waals surface area contributed by atoms with Crippen LogP contribution in [0.15, 0.2) is 24.3 Å². The molecule has 1 aliphatic rings. The average molecular weight is 212 g/mol. The molecule has 1 heterocycles. The number of halogens is 1. The normalized spacial score (nSPS) is 22.9. The molecule has 0 aliphatic carbocycles. The smallest absolute Gasteiger partial charge is 0.0379 e. The molecule has 0 amide bonds. The van der Waals surface area contributed by atoms with Crippen molar-refractivity contribution in [2.45, 2.75) is 38.6 Å². The van der Waals surface area contributed by atoms with Gasteiger partial charge in [0.25, 0.3) is 0 Å². The summed E-state index contributed by atoms with van der Waals surface area (Å²) in [7, 11) is 0. The van der Waals surface area contributed by atoms with Gasteiger partial charge in [-0.15, -0.1) is 12.4 Å². The van der Waals surface area contributed by atoms with Gasteiger partial charge in [0.05, 0.1) is 0 Å². The zero-order chi connectivity index (χ0) is 9.47. The fourth-order valence-corrected chi connectivity index (χ4v) is 2.33. The lowest BCUT2D eigenvalue weighted by Crippen LogP contribution is -2.36. The molecule has 1 N–H and O–H groups in total. The van der Waals surface area contributed by atoms with Crippen LogP contribution in [-0.2, 0) is 0 Å². The summed E-state index contributed by atoms with van der Waals surface area (Å²) in [4.78, 5) is 0. The highest BCUT2D eigenvalue weighted by molar-refractivity contribution is 5.85. The first-order chi connectivity index (χ1) is 6.08. The molecule has 0 bridgehead atoms. The van der Waals surface area contributed by atoms with Gasteiger partial charge in [-0.05, 0) is 37.8 Å². The molecule has 1 unspecified atom stereocenters. The van der Waals surface area contributed by atoms with Crippen molar-refractivity contribution in [2.24, 2.45) is 0 Å². The Kier molecular flexibility index (Phi) is 3.10. The first kappa shape index (κ1) is 11.4. The zero-order valence-corrected chi connectivity index (χ0v) is 9.82. The average Bonchev–Trinajstić information content (AvgIpc) is 2.02. The Morgan fingerprint density at radius 1 is 1.29 bits per heavy atom. The van der Waals surface area contributed by atoms with Crippen LogP contribution in [-0.4, -0.2) is 5.54 Å². The molecule has 2 heteroatoms. The van der Waals surface area contributed by atoms with Crippen molar-refractivity contribution in [3.05, 3.63) is 29.8 Å². The Labute approximate surface area is 92.3 Å². The van der Waals surface area contributed by atoms with Gasteiger partial charge in [-0.3, -0.25) is 0 Å². The van der Waals surface area contributed by atoms with E-state index in [-0.39, 0.29) is 17.9 Å². The summed E-state index contributed by atoms with van der Waals surface area (Å²) in [6.45, 7) is 6.83. The standard InChI is InChI=1S/C12H17N.ClH/c1-9-8-12(2,3)13-11-7-5-4-6-10(9)11;/h4-7,9,13H,8H2,1-3H3;1H. The summed E-state index contributed by atoms with van der Waals surface area (Å²) in [6.07, 6.45) is 1.21. The van der Waals surface area contributed by atoms with E-state index in [0.717, 1.165) is 0 Å². The highest BCUT2D eigenvalue weighted by atomic mass is 35.5. The van der Waals surface area contributed by atoms with Gasteiger partial charge in [0.15, 0.2) is 0 Å². The summed E-state index contributed by atoms with van der Waals surface area (Å²) in [6, 6.07) is 8.62. The SMILES string of the molecule is CC1CC(C)(C)Nc2ccccc21.Cl. The molecule has 1 atom stereocenters. The molecule has 78 valence electrons. The topological polar surface area (TPSA) is 12.0 Å². The maximum atomic E-state index is 3.57. The van der Waals surface area contributed by atoms with Gasteiger partial charge in [0.1, 0.15) is 0 Å². The first-order valence-electron chi connectivity index (χ1n) is 4.96. The van der Waals surface area contributed by atoms with Crippen molar-refractivity contribution in [2.75, 3.05) is 5.32 Å². The number of anilines is 1. The van der Waals surface area contributed by atoms with E-state index in [1.807, 2.05) is 0 Å². The van der Waals surface area contributed by atoms with Gasteiger partial charge in [-0.25, -0.2) is 0 Å². The van der Waals surface area contributed by atoms with Gasteiger partial charge in [-0.2, -0.15) is 0 Å². The minimum absolute atomic E-state index is 0. The lowest BCUT2D eigenvalue weighted by molar-refractivity contribution is 0.454. The van der Waals surface area contributed by atoms with Crippen molar-refractivity contribution in [3.63, 3.8) is 0 Å². The molecular formula is C12H18ClN. The number of para-hydroxylation sites is 1. The van der Waals surface area contributed by atoms with E-state index in [1.54, 1.807) is 0 Å². The number of rotatable bonds is 0. The lowest BCUT2D eigenvalue weighted by Gasteiger charge is -2.37. The van der Waals surface area contributed by atoms with Crippen LogP contribution in [0, 0.1) is 0 Å². The van der Waals surface area contributed by atoms with E-state index in [1.165, 1.54) is 17.7 Å². The fourth-order valence-electron chi connectivity index (χ4n) is 2.33. The molecule has 1 aromatic carbocycles. The number of fused-ring (bicyclic) bond motifs is 1. The number of benzene rings is 1. The molecule has 0 spiro atoms. The fraction of sp³-hybridized carbons (Fsp3) is 0.500. The number of hydrogen-bond acceptors (Lipinski definition) is 1. The molecule has 2 rings (SSSR count). The van der Waals surface area contributed by atoms with Crippen molar-refractivity contribution in [3.8, 4) is 0 Å². The van der Waals surface area contributed by atoms with Gasteiger partial charge in [0, 0.05) is 11.2 Å². The van der Waals surface area contributed by atoms with Crippen LogP contribution in [0.2, 0.25) is 0 Å². The van der Waals surface area contributed by atoms with Crippen LogP contribution in [0.5, 0.6) is 0 Å². The van der Waals surface area contributed by atoms with E-state index in [0.29, 0.717) is 5.92 Å². The Morgan fingerprint density at radius 3 is 2.64 bits per heavy atom. The quantitative estimate of drug-likeness (QED) is 0.688. The molecule has 0 saturated carbocycles. The molecule has 0 saturated heterocycles. The van der Waals surface area contributed by atoms with Gasteiger partial charge < -0.3 is 5.32 Å². The zero-order valence-electron chi connectivity index (χ0n) is 9.00. The second kappa shape index (κ2) is 3.82. The van der Waals surface area contributed by atoms with E-state index in [9.17, 15) is 0 Å². The Morgan fingerprint density at radius 2 is 1.93 bits per heavy atom. The third kappa shape index (κ3) is 2.03.